The maximum Gasteiger partial charge on any atom is 0.246 e. The third-order valence-corrected chi connectivity index (χ3v) is 8.51. The quantitative estimate of drug-likeness (QED) is 0.686. The van der Waals surface area contributed by atoms with E-state index in [1.807, 2.05) is 17.5 Å². The largest absolute Gasteiger partial charge is 0.383 e. The smallest absolute Gasteiger partial charge is 0.246 e. The number of amides is 1. The first kappa shape index (κ1) is 18.1. The molecular formula is C17H22N2O5S2. The van der Waals surface area contributed by atoms with Crippen molar-refractivity contribution in [2.24, 2.45) is 0 Å². The third kappa shape index (κ3) is 3.01. The Hall–Kier alpha value is -1.26. The Morgan fingerprint density at radius 3 is 3.08 bits per heavy atom. The molecule has 2 bridgehead atoms. The van der Waals surface area contributed by atoms with E-state index in [1.54, 1.807) is 35.5 Å². The van der Waals surface area contributed by atoms with Crippen molar-refractivity contribution in [1.82, 2.24) is 9.21 Å². The number of fused-ring (bicyclic) bond motifs is 1. The van der Waals surface area contributed by atoms with E-state index in [2.05, 4.69) is 0 Å². The highest BCUT2D eigenvalue weighted by atomic mass is 32.2. The van der Waals surface area contributed by atoms with Gasteiger partial charge in [0.25, 0.3) is 0 Å². The lowest BCUT2D eigenvalue weighted by Crippen LogP contribution is -2.56. The lowest BCUT2D eigenvalue weighted by Gasteiger charge is -2.39. The Morgan fingerprint density at radius 2 is 2.35 bits per heavy atom. The van der Waals surface area contributed by atoms with Crippen LogP contribution in [-0.2, 0) is 24.3 Å². The number of thiophene rings is 1. The van der Waals surface area contributed by atoms with E-state index in [0.29, 0.717) is 32.7 Å². The summed E-state index contributed by atoms with van der Waals surface area (Å²) in [4.78, 5) is 15.4. The van der Waals surface area contributed by atoms with Gasteiger partial charge in [0, 0.05) is 37.7 Å². The van der Waals surface area contributed by atoms with Crippen LogP contribution in [0, 0.1) is 0 Å². The van der Waals surface area contributed by atoms with Crippen molar-refractivity contribution < 1.29 is 22.7 Å². The van der Waals surface area contributed by atoms with Gasteiger partial charge < -0.3 is 14.4 Å². The molecule has 7 nitrogen and oxygen atoms in total. The normalized spacial score (nSPS) is 33.0. The average molecular weight is 399 g/mol. The van der Waals surface area contributed by atoms with Crippen molar-refractivity contribution in [3.05, 3.63) is 28.5 Å². The van der Waals surface area contributed by atoms with Crippen LogP contribution in [0.2, 0.25) is 0 Å². The average Bonchev–Trinajstić information content (AvgIpc) is 3.26. The maximum absolute atomic E-state index is 12.8. The van der Waals surface area contributed by atoms with Gasteiger partial charge in [-0.2, -0.15) is 4.31 Å². The van der Waals surface area contributed by atoms with Crippen molar-refractivity contribution in [2.75, 3.05) is 39.9 Å². The molecule has 0 saturated carbocycles. The fourth-order valence-corrected chi connectivity index (χ4v) is 7.07. The summed E-state index contributed by atoms with van der Waals surface area (Å²) >= 11 is 1.57. The third-order valence-electron chi connectivity index (χ3n) is 5.30. The molecule has 3 aliphatic rings. The van der Waals surface area contributed by atoms with Crippen LogP contribution in [0.5, 0.6) is 0 Å². The number of rotatable bonds is 5. The van der Waals surface area contributed by atoms with Crippen LogP contribution in [0.3, 0.4) is 0 Å². The first-order chi connectivity index (χ1) is 12.4. The zero-order chi connectivity index (χ0) is 18.4. The molecular weight excluding hydrogens is 376 g/mol. The highest BCUT2D eigenvalue weighted by Gasteiger charge is 2.65. The molecule has 3 atom stereocenters. The lowest BCUT2D eigenvalue weighted by atomic mass is 9.99. The predicted octanol–water partition coefficient (Wildman–Crippen LogP) is 0.792. The summed E-state index contributed by atoms with van der Waals surface area (Å²) < 4.78 is 38.3. The molecule has 1 spiro atoms. The van der Waals surface area contributed by atoms with Crippen LogP contribution in [0.15, 0.2) is 23.6 Å². The van der Waals surface area contributed by atoms with Crippen LogP contribution in [-0.4, -0.2) is 80.4 Å². The summed E-state index contributed by atoms with van der Waals surface area (Å²) in [5.74, 6) is -0.0977. The summed E-state index contributed by atoms with van der Waals surface area (Å²) in [6, 6.07) is 3.88. The molecule has 3 saturated heterocycles. The summed E-state index contributed by atoms with van der Waals surface area (Å²) in [7, 11) is -1.87. The second kappa shape index (κ2) is 6.72. The van der Waals surface area contributed by atoms with Gasteiger partial charge in [-0.05, 0) is 23.9 Å². The monoisotopic (exact) mass is 398 g/mol. The Morgan fingerprint density at radius 1 is 1.50 bits per heavy atom. The summed E-state index contributed by atoms with van der Waals surface area (Å²) in [5.41, 5.74) is -0.818. The van der Waals surface area contributed by atoms with Crippen molar-refractivity contribution in [1.29, 1.82) is 0 Å². The van der Waals surface area contributed by atoms with Gasteiger partial charge >= 0.3 is 0 Å². The Balaban J connectivity index is 1.51. The van der Waals surface area contributed by atoms with Crippen molar-refractivity contribution >= 4 is 33.3 Å². The zero-order valence-corrected chi connectivity index (χ0v) is 16.2. The van der Waals surface area contributed by atoms with Gasteiger partial charge in [-0.1, -0.05) is 6.07 Å². The molecule has 0 unspecified atom stereocenters. The highest BCUT2D eigenvalue weighted by Crippen LogP contribution is 2.46. The van der Waals surface area contributed by atoms with E-state index in [4.69, 9.17) is 9.47 Å². The van der Waals surface area contributed by atoms with Gasteiger partial charge in [0.15, 0.2) is 0 Å². The second-order valence-corrected chi connectivity index (χ2v) is 10.1. The lowest BCUT2D eigenvalue weighted by molar-refractivity contribution is -0.146. The Kier molecular flexibility index (Phi) is 4.68. The van der Waals surface area contributed by atoms with Crippen molar-refractivity contribution in [3.63, 3.8) is 0 Å². The molecule has 0 radical (unpaired) electrons. The molecule has 26 heavy (non-hydrogen) atoms. The number of likely N-dealkylation sites (tertiary alicyclic amines) is 1. The van der Waals surface area contributed by atoms with Gasteiger partial charge in [-0.15, -0.1) is 11.3 Å². The summed E-state index contributed by atoms with van der Waals surface area (Å²) in [6.45, 7) is 1.71. The number of nitrogens with zero attached hydrogens (tertiary/aromatic N) is 2. The first-order valence-corrected chi connectivity index (χ1v) is 11.0. The van der Waals surface area contributed by atoms with Gasteiger partial charge in [-0.25, -0.2) is 8.42 Å². The van der Waals surface area contributed by atoms with E-state index in [1.165, 1.54) is 4.31 Å². The number of methoxy groups -OCH3 is 1. The minimum absolute atomic E-state index is 0.0977. The number of hydrogen-bond acceptors (Lipinski definition) is 6. The number of sulfonamides is 1. The van der Waals surface area contributed by atoms with Crippen LogP contribution >= 0.6 is 11.3 Å². The van der Waals surface area contributed by atoms with Crippen molar-refractivity contribution in [3.8, 4) is 0 Å². The minimum Gasteiger partial charge on any atom is -0.383 e. The van der Waals surface area contributed by atoms with Gasteiger partial charge in [0.1, 0.15) is 10.9 Å². The van der Waals surface area contributed by atoms with Gasteiger partial charge in [0.05, 0.1) is 19.3 Å². The summed E-state index contributed by atoms with van der Waals surface area (Å²) in [5, 5.41) is 1.39. The molecule has 4 heterocycles. The highest BCUT2D eigenvalue weighted by molar-refractivity contribution is 7.90. The molecule has 3 fully saturated rings. The Labute approximate surface area is 157 Å². The van der Waals surface area contributed by atoms with E-state index in [0.717, 1.165) is 4.88 Å². The number of ether oxygens (including phenoxy) is 2. The van der Waals surface area contributed by atoms with Crippen LogP contribution in [0.1, 0.15) is 11.3 Å². The molecule has 0 aromatic carbocycles. The van der Waals surface area contributed by atoms with E-state index in [9.17, 15) is 13.2 Å². The van der Waals surface area contributed by atoms with Crippen LogP contribution < -0.4 is 0 Å². The Bertz CT molecular complexity index is 807. The van der Waals surface area contributed by atoms with E-state index >= 15 is 0 Å². The maximum atomic E-state index is 12.8. The molecule has 0 aliphatic carbocycles. The van der Waals surface area contributed by atoms with Crippen LogP contribution in [0.25, 0.3) is 6.08 Å². The number of carbonyl (C=O) groups excluding carboxylic acids is 1. The molecule has 142 valence electrons. The fourth-order valence-electron chi connectivity index (χ4n) is 4.16. The van der Waals surface area contributed by atoms with Crippen molar-refractivity contribution in [2.45, 2.75) is 23.4 Å². The topological polar surface area (TPSA) is 76.2 Å². The fraction of sp³-hybridized carbons (Fsp3) is 0.588. The number of hydrogen-bond donors (Lipinski definition) is 0. The SMILES string of the molecule is COCCN1C[C@@]23CN(C(=O)/C=C/c4cccs4)C[C@@H](C[C@@H]2S1(=O)=O)O3. The minimum atomic E-state index is -3.42. The molecule has 1 amide bonds. The predicted molar refractivity (Wildman–Crippen MR) is 98.3 cm³/mol. The molecule has 0 N–H and O–H groups in total. The number of morpholine rings is 1. The summed E-state index contributed by atoms with van der Waals surface area (Å²) in [6.07, 6.45) is 3.60. The first-order valence-electron chi connectivity index (χ1n) is 8.61. The van der Waals surface area contributed by atoms with Gasteiger partial charge in [0.2, 0.25) is 15.9 Å². The van der Waals surface area contributed by atoms with E-state index < -0.39 is 20.9 Å². The standard InChI is InChI=1S/C17H22N2O5S2/c1-23-7-6-19-12-17-11-18(16(20)5-4-14-3-2-8-25-14)10-13(24-17)9-15(17)26(19,21)22/h2-5,8,13,15H,6-7,9-12H2,1H3/b5-4+/t13-,15+,17+/m1/s1. The zero-order valence-electron chi connectivity index (χ0n) is 14.5. The second-order valence-electron chi connectivity index (χ2n) is 6.97. The molecule has 1 aromatic heterocycles. The molecule has 1 aromatic rings. The molecule has 4 rings (SSSR count). The molecule has 3 aliphatic heterocycles. The molecule has 9 heteroatoms. The van der Waals surface area contributed by atoms with E-state index in [-0.39, 0.29) is 18.6 Å². The van der Waals surface area contributed by atoms with Gasteiger partial charge in [-0.3, -0.25) is 4.79 Å². The van der Waals surface area contributed by atoms with Crippen LogP contribution in [0.4, 0.5) is 0 Å². The number of carbonyl (C=O) groups is 1.